The highest BCUT2D eigenvalue weighted by Crippen LogP contribution is 2.34. The van der Waals surface area contributed by atoms with Gasteiger partial charge in [0.2, 0.25) is 0 Å². The third-order valence-electron chi connectivity index (χ3n) is 4.72. The summed E-state index contributed by atoms with van der Waals surface area (Å²) in [5.74, 6) is 0.602. The van der Waals surface area contributed by atoms with E-state index in [0.29, 0.717) is 27.6 Å². The molecule has 0 spiro atoms. The van der Waals surface area contributed by atoms with Gasteiger partial charge in [-0.15, -0.1) is 0 Å². The van der Waals surface area contributed by atoms with Crippen LogP contribution in [0, 0.1) is 0 Å². The Labute approximate surface area is 190 Å². The third kappa shape index (κ3) is 6.12. The number of thiocarbonyl (C=S) groups is 1. The summed E-state index contributed by atoms with van der Waals surface area (Å²) in [5.41, 5.74) is 0.252. The highest BCUT2D eigenvalue weighted by Gasteiger charge is 2.31. The zero-order valence-corrected chi connectivity index (χ0v) is 19.0. The van der Waals surface area contributed by atoms with Crippen molar-refractivity contribution in [2.45, 2.75) is 58.0 Å². The zero-order valence-electron chi connectivity index (χ0n) is 18.2. The van der Waals surface area contributed by atoms with Crippen LogP contribution in [0.3, 0.4) is 0 Å². The van der Waals surface area contributed by atoms with E-state index in [0.717, 1.165) is 12.1 Å². The molecule has 1 heterocycles. The average molecular weight is 467 g/mol. The molecule has 1 aliphatic rings. The Morgan fingerprint density at radius 2 is 1.94 bits per heavy atom. The normalized spacial score (nSPS) is 17.0. The topological polar surface area (TPSA) is 59.6 Å². The first kappa shape index (κ1) is 23.8. The summed E-state index contributed by atoms with van der Waals surface area (Å²) in [7, 11) is 0. The van der Waals surface area contributed by atoms with Gasteiger partial charge in [0.25, 0.3) is 0 Å². The number of anilines is 1. The van der Waals surface area contributed by atoms with Gasteiger partial charge in [0, 0.05) is 0 Å². The molecule has 5 nitrogen and oxygen atoms in total. The van der Waals surface area contributed by atoms with Gasteiger partial charge in [-0.2, -0.15) is 13.2 Å². The van der Waals surface area contributed by atoms with Crippen LogP contribution in [0.5, 0.6) is 5.75 Å². The Hall–Kier alpha value is -2.81. The lowest BCUT2D eigenvalue weighted by Crippen LogP contribution is -2.36. The summed E-state index contributed by atoms with van der Waals surface area (Å²) in [4.78, 5) is 13.0. The van der Waals surface area contributed by atoms with Crippen LogP contribution < -0.4 is 15.4 Å². The molecule has 2 atom stereocenters. The van der Waals surface area contributed by atoms with Gasteiger partial charge in [-0.05, 0) is 63.4 Å². The molecular formula is C23H25F3N2O3S. The second-order valence-electron chi connectivity index (χ2n) is 8.61. The van der Waals surface area contributed by atoms with Crippen molar-refractivity contribution in [3.8, 4) is 5.75 Å². The first-order valence-electron chi connectivity index (χ1n) is 10.1. The van der Waals surface area contributed by atoms with Gasteiger partial charge in [0.1, 0.15) is 22.4 Å². The van der Waals surface area contributed by atoms with Crippen molar-refractivity contribution >= 4 is 29.0 Å². The van der Waals surface area contributed by atoms with Crippen molar-refractivity contribution in [2.24, 2.45) is 0 Å². The van der Waals surface area contributed by atoms with Gasteiger partial charge in [0.15, 0.2) is 0 Å². The number of amides is 1. The van der Waals surface area contributed by atoms with Crippen LogP contribution in [0.25, 0.3) is 0 Å². The van der Waals surface area contributed by atoms with Crippen molar-refractivity contribution in [2.75, 3.05) is 5.32 Å². The summed E-state index contributed by atoms with van der Waals surface area (Å²) in [6, 6.07) is 9.67. The molecule has 1 aliphatic heterocycles. The Balaban J connectivity index is 1.92. The van der Waals surface area contributed by atoms with E-state index >= 15 is 0 Å². The molecule has 2 aromatic rings. The second-order valence-corrected chi connectivity index (χ2v) is 9.05. The van der Waals surface area contributed by atoms with E-state index in [1.165, 1.54) is 6.07 Å². The number of carbonyl (C=O) groups is 1. The maximum atomic E-state index is 13.2. The minimum atomic E-state index is -4.45. The molecular weight excluding hydrogens is 441 g/mol. The van der Waals surface area contributed by atoms with E-state index in [2.05, 4.69) is 10.6 Å². The monoisotopic (exact) mass is 466 g/mol. The standard InChI is InChI=1S/C23H25F3N2O3S/c1-13-20(32)27-18-12-15(8-9-19(18)30-13)17(28-21(29)31-22(2,3)4)11-14-6-5-7-16(10-14)23(24,25)26/h5-10,12-13,17H,11H2,1-4H3,(H,27,32)(H,28,29). The van der Waals surface area contributed by atoms with Crippen LogP contribution in [0.1, 0.15) is 50.4 Å². The minimum Gasteiger partial charge on any atom is -0.481 e. The molecule has 0 bridgehead atoms. The fraction of sp³-hybridized carbons (Fsp3) is 0.391. The van der Waals surface area contributed by atoms with Crippen molar-refractivity contribution in [1.82, 2.24) is 5.32 Å². The Kier molecular flexibility index (Phi) is 6.69. The number of fused-ring (bicyclic) bond motifs is 1. The Morgan fingerprint density at radius 3 is 2.59 bits per heavy atom. The van der Waals surface area contributed by atoms with Crippen LogP contribution in [0.2, 0.25) is 0 Å². The molecule has 0 saturated carbocycles. The summed E-state index contributed by atoms with van der Waals surface area (Å²) in [5, 5.41) is 5.88. The molecule has 32 heavy (non-hydrogen) atoms. The molecule has 2 aromatic carbocycles. The smallest absolute Gasteiger partial charge is 0.416 e. The first-order chi connectivity index (χ1) is 14.8. The van der Waals surface area contributed by atoms with Gasteiger partial charge < -0.3 is 20.1 Å². The molecule has 0 saturated heterocycles. The molecule has 0 fully saturated rings. The predicted molar refractivity (Wildman–Crippen MR) is 120 cm³/mol. The van der Waals surface area contributed by atoms with E-state index in [-0.39, 0.29) is 12.5 Å². The summed E-state index contributed by atoms with van der Waals surface area (Å²) < 4.78 is 50.6. The maximum Gasteiger partial charge on any atom is 0.416 e. The highest BCUT2D eigenvalue weighted by molar-refractivity contribution is 7.80. The molecule has 172 valence electrons. The largest absolute Gasteiger partial charge is 0.481 e. The Bertz CT molecular complexity index is 1020. The molecule has 3 rings (SSSR count). The molecule has 0 aliphatic carbocycles. The summed E-state index contributed by atoms with van der Waals surface area (Å²) in [6.07, 6.45) is -5.27. The van der Waals surface area contributed by atoms with Crippen molar-refractivity contribution in [1.29, 1.82) is 0 Å². The van der Waals surface area contributed by atoms with E-state index in [4.69, 9.17) is 21.7 Å². The summed E-state index contributed by atoms with van der Waals surface area (Å²) in [6.45, 7) is 7.02. The van der Waals surface area contributed by atoms with Gasteiger partial charge in [-0.3, -0.25) is 0 Å². The minimum absolute atomic E-state index is 0.129. The number of rotatable bonds is 4. The van der Waals surface area contributed by atoms with Crippen molar-refractivity contribution in [3.63, 3.8) is 0 Å². The van der Waals surface area contributed by atoms with E-state index in [1.54, 1.807) is 45.0 Å². The lowest BCUT2D eigenvalue weighted by molar-refractivity contribution is -0.137. The molecule has 2 N–H and O–H groups in total. The van der Waals surface area contributed by atoms with Gasteiger partial charge in [-0.1, -0.05) is 36.5 Å². The fourth-order valence-corrected chi connectivity index (χ4v) is 3.41. The fourth-order valence-electron chi connectivity index (χ4n) is 3.26. The quantitative estimate of drug-likeness (QED) is 0.539. The van der Waals surface area contributed by atoms with E-state index in [9.17, 15) is 18.0 Å². The number of benzene rings is 2. The van der Waals surface area contributed by atoms with Crippen LogP contribution in [0.4, 0.5) is 23.7 Å². The van der Waals surface area contributed by atoms with Crippen LogP contribution >= 0.6 is 12.2 Å². The SMILES string of the molecule is CC1Oc2ccc(C(Cc3cccc(C(F)(F)F)c3)NC(=O)OC(C)(C)C)cc2NC1=S. The van der Waals surface area contributed by atoms with E-state index < -0.39 is 29.5 Å². The van der Waals surface area contributed by atoms with Crippen molar-refractivity contribution < 1.29 is 27.4 Å². The molecule has 0 aromatic heterocycles. The number of nitrogens with one attached hydrogen (secondary N) is 2. The number of hydrogen-bond acceptors (Lipinski definition) is 4. The number of ether oxygens (including phenoxy) is 2. The highest BCUT2D eigenvalue weighted by atomic mass is 32.1. The lowest BCUT2D eigenvalue weighted by Gasteiger charge is -2.28. The zero-order chi connectivity index (χ0) is 23.7. The first-order valence-corrected chi connectivity index (χ1v) is 10.5. The predicted octanol–water partition coefficient (Wildman–Crippen LogP) is 6.03. The Morgan fingerprint density at radius 1 is 1.22 bits per heavy atom. The van der Waals surface area contributed by atoms with Gasteiger partial charge >= 0.3 is 12.3 Å². The van der Waals surface area contributed by atoms with Gasteiger partial charge in [-0.25, -0.2) is 4.79 Å². The third-order valence-corrected chi connectivity index (χ3v) is 5.16. The second kappa shape index (κ2) is 8.97. The molecule has 1 amide bonds. The molecule has 0 radical (unpaired) electrons. The average Bonchev–Trinajstić information content (AvgIpc) is 2.66. The number of hydrogen-bond donors (Lipinski definition) is 2. The van der Waals surface area contributed by atoms with Crippen LogP contribution in [0.15, 0.2) is 42.5 Å². The molecule has 2 unspecified atom stereocenters. The van der Waals surface area contributed by atoms with E-state index in [1.807, 2.05) is 6.92 Å². The van der Waals surface area contributed by atoms with Crippen LogP contribution in [-0.4, -0.2) is 22.8 Å². The number of carbonyl (C=O) groups excluding carboxylic acids is 1. The number of halogens is 3. The number of alkyl halides is 3. The molecule has 9 heteroatoms. The maximum absolute atomic E-state index is 13.2. The van der Waals surface area contributed by atoms with Crippen LogP contribution in [-0.2, 0) is 17.3 Å². The number of alkyl carbamates (subject to hydrolysis) is 1. The summed E-state index contributed by atoms with van der Waals surface area (Å²) >= 11 is 5.26. The lowest BCUT2D eigenvalue weighted by atomic mass is 9.96. The van der Waals surface area contributed by atoms with Gasteiger partial charge in [0.05, 0.1) is 17.3 Å². The van der Waals surface area contributed by atoms with Crippen molar-refractivity contribution in [3.05, 3.63) is 59.2 Å².